The van der Waals surface area contributed by atoms with Gasteiger partial charge in [-0.05, 0) is 42.5 Å². The van der Waals surface area contributed by atoms with Crippen LogP contribution in [0.3, 0.4) is 0 Å². The van der Waals surface area contributed by atoms with Crippen LogP contribution < -0.4 is 19.7 Å². The maximum atomic E-state index is 12.6. The summed E-state index contributed by atoms with van der Waals surface area (Å²) in [6.07, 6.45) is 1.68. The van der Waals surface area contributed by atoms with Crippen LogP contribution >= 0.6 is 11.6 Å². The van der Waals surface area contributed by atoms with E-state index < -0.39 is 0 Å². The van der Waals surface area contributed by atoms with Crippen LogP contribution in [0.15, 0.2) is 66.9 Å². The molecule has 158 valence electrons. The van der Waals surface area contributed by atoms with Crippen molar-refractivity contribution < 1.29 is 19.1 Å². The maximum absolute atomic E-state index is 12.6. The van der Waals surface area contributed by atoms with Crippen LogP contribution in [-0.4, -0.2) is 29.9 Å². The molecule has 4 rings (SSSR count). The van der Waals surface area contributed by atoms with Gasteiger partial charge in [-0.3, -0.25) is 9.59 Å². The molecule has 0 saturated heterocycles. The van der Waals surface area contributed by atoms with Crippen molar-refractivity contribution in [2.75, 3.05) is 23.4 Å². The molecular formula is C23H20ClN3O4. The molecule has 2 amide bonds. The Hall–Kier alpha value is -3.58. The van der Waals surface area contributed by atoms with Gasteiger partial charge in [0.1, 0.15) is 18.1 Å². The number of pyridine rings is 1. The van der Waals surface area contributed by atoms with Crippen molar-refractivity contribution in [3.05, 3.63) is 71.9 Å². The Kier molecular flexibility index (Phi) is 6.33. The third-order valence-electron chi connectivity index (χ3n) is 4.65. The largest absolute Gasteiger partial charge is 0.490 e. The van der Waals surface area contributed by atoms with E-state index in [0.717, 1.165) is 5.69 Å². The fraction of sp³-hybridized carbons (Fsp3) is 0.174. The second-order valence-corrected chi connectivity index (χ2v) is 7.29. The van der Waals surface area contributed by atoms with Crippen LogP contribution in [0.25, 0.3) is 0 Å². The van der Waals surface area contributed by atoms with Gasteiger partial charge >= 0.3 is 0 Å². The van der Waals surface area contributed by atoms with Crippen molar-refractivity contribution >= 4 is 34.8 Å². The lowest BCUT2D eigenvalue weighted by molar-refractivity contribution is -0.122. The molecule has 0 aliphatic carbocycles. The lowest BCUT2D eigenvalue weighted by atomic mass is 10.2. The van der Waals surface area contributed by atoms with Crippen molar-refractivity contribution in [3.8, 4) is 17.4 Å². The first kappa shape index (κ1) is 20.7. The summed E-state index contributed by atoms with van der Waals surface area (Å²) >= 11 is 5.85. The third kappa shape index (κ3) is 5.32. The first-order chi connectivity index (χ1) is 15.1. The average Bonchev–Trinajstić information content (AvgIpc) is 2.80. The predicted octanol–water partition coefficient (Wildman–Crippen LogP) is 4.67. The van der Waals surface area contributed by atoms with Crippen molar-refractivity contribution in [2.24, 2.45) is 0 Å². The summed E-state index contributed by atoms with van der Waals surface area (Å²) in [4.78, 5) is 30.7. The number of hydrogen-bond donors (Lipinski definition) is 1. The van der Waals surface area contributed by atoms with Gasteiger partial charge in [0.05, 0.1) is 24.1 Å². The number of para-hydroxylation sites is 2. The quantitative estimate of drug-likeness (QED) is 0.606. The monoisotopic (exact) mass is 437 g/mol. The van der Waals surface area contributed by atoms with E-state index in [0.29, 0.717) is 41.2 Å². The van der Waals surface area contributed by atoms with E-state index in [4.69, 9.17) is 21.1 Å². The Morgan fingerprint density at radius 3 is 2.65 bits per heavy atom. The van der Waals surface area contributed by atoms with Crippen molar-refractivity contribution in [1.82, 2.24) is 4.98 Å². The minimum atomic E-state index is -0.261. The van der Waals surface area contributed by atoms with Crippen LogP contribution in [0.1, 0.15) is 12.8 Å². The Morgan fingerprint density at radius 2 is 1.87 bits per heavy atom. The van der Waals surface area contributed by atoms with Gasteiger partial charge in [-0.1, -0.05) is 23.7 Å². The minimum absolute atomic E-state index is 0.0708. The van der Waals surface area contributed by atoms with Crippen LogP contribution in [0.5, 0.6) is 17.4 Å². The second-order valence-electron chi connectivity index (χ2n) is 6.85. The van der Waals surface area contributed by atoms with E-state index in [-0.39, 0.29) is 24.7 Å². The first-order valence-corrected chi connectivity index (χ1v) is 10.2. The lowest BCUT2D eigenvalue weighted by Gasteiger charge is -2.29. The molecule has 0 radical (unpaired) electrons. The number of nitrogens with one attached hydrogen (secondary N) is 1. The second kappa shape index (κ2) is 9.49. The summed E-state index contributed by atoms with van der Waals surface area (Å²) in [6.45, 7) is 0.904. The fourth-order valence-corrected chi connectivity index (χ4v) is 3.27. The smallest absolute Gasteiger partial charge is 0.227 e. The van der Waals surface area contributed by atoms with E-state index >= 15 is 0 Å². The maximum Gasteiger partial charge on any atom is 0.227 e. The Labute approximate surface area is 184 Å². The van der Waals surface area contributed by atoms with E-state index in [1.165, 1.54) is 6.20 Å². The third-order valence-corrected chi connectivity index (χ3v) is 4.90. The standard InChI is InChI=1S/C23H20ClN3O4/c24-16-5-8-18(9-6-16)31-22-11-7-17(15-25-22)26-21(28)10-12-23(29)27-13-14-30-20-4-2-1-3-19(20)27/h1-9,11,15H,10,12-14H2,(H,26,28). The number of amides is 2. The Balaban J connectivity index is 1.28. The molecule has 7 nitrogen and oxygen atoms in total. The number of carbonyl (C=O) groups is 2. The highest BCUT2D eigenvalue weighted by Gasteiger charge is 2.23. The number of nitrogens with zero attached hydrogens (tertiary/aromatic N) is 2. The highest BCUT2D eigenvalue weighted by atomic mass is 35.5. The average molecular weight is 438 g/mol. The molecular weight excluding hydrogens is 418 g/mol. The molecule has 2 aromatic carbocycles. The molecule has 31 heavy (non-hydrogen) atoms. The normalized spacial score (nSPS) is 12.5. The van der Waals surface area contributed by atoms with Crippen molar-refractivity contribution in [1.29, 1.82) is 0 Å². The molecule has 0 spiro atoms. The summed E-state index contributed by atoms with van der Waals surface area (Å²) in [5.74, 6) is 1.30. The molecule has 0 bridgehead atoms. The zero-order valence-corrected chi connectivity index (χ0v) is 17.3. The van der Waals surface area contributed by atoms with Gasteiger partial charge in [-0.2, -0.15) is 0 Å². The van der Waals surface area contributed by atoms with Crippen LogP contribution in [-0.2, 0) is 9.59 Å². The summed E-state index contributed by atoms with van der Waals surface area (Å²) in [6, 6.07) is 17.7. The first-order valence-electron chi connectivity index (χ1n) is 9.80. The Morgan fingerprint density at radius 1 is 1.06 bits per heavy atom. The zero-order valence-electron chi connectivity index (χ0n) is 16.6. The Bertz CT molecular complexity index is 1070. The number of carbonyl (C=O) groups excluding carboxylic acids is 2. The summed E-state index contributed by atoms with van der Waals surface area (Å²) in [7, 11) is 0. The number of rotatable bonds is 6. The summed E-state index contributed by atoms with van der Waals surface area (Å²) < 4.78 is 11.2. The molecule has 1 N–H and O–H groups in total. The van der Waals surface area contributed by atoms with Gasteiger partial charge in [0.2, 0.25) is 17.7 Å². The van der Waals surface area contributed by atoms with Crippen LogP contribution in [0.2, 0.25) is 5.02 Å². The number of halogens is 1. The van der Waals surface area contributed by atoms with Crippen LogP contribution in [0, 0.1) is 0 Å². The molecule has 2 heterocycles. The topological polar surface area (TPSA) is 80.8 Å². The number of aromatic nitrogens is 1. The van der Waals surface area contributed by atoms with Crippen molar-refractivity contribution in [3.63, 3.8) is 0 Å². The fourth-order valence-electron chi connectivity index (χ4n) is 3.15. The molecule has 0 unspecified atom stereocenters. The van der Waals surface area contributed by atoms with Gasteiger partial charge in [-0.25, -0.2) is 4.98 Å². The van der Waals surface area contributed by atoms with Gasteiger partial charge < -0.3 is 19.7 Å². The highest BCUT2D eigenvalue weighted by molar-refractivity contribution is 6.30. The molecule has 1 aliphatic heterocycles. The zero-order chi connectivity index (χ0) is 21.6. The number of fused-ring (bicyclic) bond motifs is 1. The van der Waals surface area contributed by atoms with E-state index in [1.54, 1.807) is 41.3 Å². The van der Waals surface area contributed by atoms with E-state index in [9.17, 15) is 9.59 Å². The van der Waals surface area contributed by atoms with Gasteiger partial charge in [0, 0.05) is 23.9 Å². The number of hydrogen-bond acceptors (Lipinski definition) is 5. The molecule has 1 aromatic heterocycles. The number of benzene rings is 2. The molecule has 0 atom stereocenters. The SMILES string of the molecule is O=C(CCC(=O)N1CCOc2ccccc21)Nc1ccc(Oc2ccc(Cl)cc2)nc1. The summed E-state index contributed by atoms with van der Waals surface area (Å²) in [5.41, 5.74) is 1.26. The molecule has 8 heteroatoms. The molecule has 1 aliphatic rings. The lowest BCUT2D eigenvalue weighted by Crippen LogP contribution is -2.38. The molecule has 3 aromatic rings. The van der Waals surface area contributed by atoms with Crippen LogP contribution in [0.4, 0.5) is 11.4 Å². The number of ether oxygens (including phenoxy) is 2. The van der Waals surface area contributed by atoms with Crippen molar-refractivity contribution in [2.45, 2.75) is 12.8 Å². The highest BCUT2D eigenvalue weighted by Crippen LogP contribution is 2.31. The van der Waals surface area contributed by atoms with Gasteiger partial charge in [0.25, 0.3) is 0 Å². The number of anilines is 2. The summed E-state index contributed by atoms with van der Waals surface area (Å²) in [5, 5.41) is 3.37. The molecule has 0 fully saturated rings. The van der Waals surface area contributed by atoms with Gasteiger partial charge in [0.15, 0.2) is 0 Å². The van der Waals surface area contributed by atoms with E-state index in [1.807, 2.05) is 24.3 Å². The van der Waals surface area contributed by atoms with Gasteiger partial charge in [-0.15, -0.1) is 0 Å². The minimum Gasteiger partial charge on any atom is -0.490 e. The van der Waals surface area contributed by atoms with E-state index in [2.05, 4.69) is 10.3 Å². The molecule has 0 saturated carbocycles. The predicted molar refractivity (Wildman–Crippen MR) is 118 cm³/mol.